The number of halogens is 4. The molecule has 59 heavy (non-hydrogen) atoms. The third-order valence-electron chi connectivity index (χ3n) is 11.0. The van der Waals surface area contributed by atoms with Gasteiger partial charge in [0.1, 0.15) is 30.6 Å². The van der Waals surface area contributed by atoms with Gasteiger partial charge in [0.2, 0.25) is 0 Å². The number of fused-ring (bicyclic) bond motifs is 2. The van der Waals surface area contributed by atoms with Crippen molar-refractivity contribution in [1.82, 2.24) is 4.90 Å². The summed E-state index contributed by atoms with van der Waals surface area (Å²) in [5, 5.41) is 9.81. The Kier molecular flexibility index (Phi) is 14.5. The van der Waals surface area contributed by atoms with E-state index < -0.39 is 68.7 Å². The van der Waals surface area contributed by atoms with E-state index in [1.165, 1.54) is 0 Å². The summed E-state index contributed by atoms with van der Waals surface area (Å²) < 4.78 is 94.5. The van der Waals surface area contributed by atoms with Crippen LogP contribution in [0.2, 0.25) is 5.04 Å². The lowest BCUT2D eigenvalue weighted by molar-refractivity contribution is -0.142. The van der Waals surface area contributed by atoms with Gasteiger partial charge < -0.3 is 28.5 Å². The highest BCUT2D eigenvalue weighted by Gasteiger charge is 2.53. The van der Waals surface area contributed by atoms with Crippen LogP contribution in [0.4, 0.5) is 17.6 Å². The summed E-state index contributed by atoms with van der Waals surface area (Å²) >= 11 is 0. The average molecular weight is 836 g/mol. The van der Waals surface area contributed by atoms with Gasteiger partial charge in [0, 0.05) is 23.7 Å². The highest BCUT2D eigenvalue weighted by Crippen LogP contribution is 2.50. The summed E-state index contributed by atoms with van der Waals surface area (Å²) in [7, 11) is -3.32. The monoisotopic (exact) mass is 835 g/mol. The Balaban J connectivity index is 1.21. The Labute approximate surface area is 344 Å². The summed E-state index contributed by atoms with van der Waals surface area (Å²) in [6, 6.07) is 27.6. The second-order valence-electron chi connectivity index (χ2n) is 16.1. The predicted molar refractivity (Wildman–Crippen MR) is 221 cm³/mol. The molecule has 0 saturated carbocycles. The van der Waals surface area contributed by atoms with Gasteiger partial charge in [-0.3, -0.25) is 4.90 Å². The van der Waals surface area contributed by atoms with Gasteiger partial charge in [-0.15, -0.1) is 0 Å². The zero-order valence-corrected chi connectivity index (χ0v) is 35.0. The topological polar surface area (TPSA) is 86.7 Å². The van der Waals surface area contributed by atoms with E-state index in [9.17, 15) is 4.79 Å². The van der Waals surface area contributed by atoms with Crippen LogP contribution in [0.25, 0.3) is 5.57 Å². The number of rotatable bonds is 20. The minimum absolute atomic E-state index is 0.00525. The van der Waals surface area contributed by atoms with Gasteiger partial charge in [-0.25, -0.2) is 22.4 Å². The largest absolute Gasteiger partial charge is 0.491 e. The van der Waals surface area contributed by atoms with Crippen LogP contribution in [0, 0.1) is 11.6 Å². The van der Waals surface area contributed by atoms with Crippen LogP contribution in [0.3, 0.4) is 0 Å². The number of hydrogen-bond acceptors (Lipinski definition) is 7. The van der Waals surface area contributed by atoms with Crippen molar-refractivity contribution in [3.05, 3.63) is 131 Å². The number of ether oxygens (including phenoxy) is 4. The summed E-state index contributed by atoms with van der Waals surface area (Å²) in [5.74, 6) is -6.30. The van der Waals surface area contributed by atoms with Crippen molar-refractivity contribution >= 4 is 30.2 Å². The molecule has 1 aliphatic heterocycles. The average Bonchev–Trinajstić information content (AvgIpc) is 3.56. The first-order chi connectivity index (χ1) is 28.2. The van der Waals surface area contributed by atoms with Crippen molar-refractivity contribution in [2.24, 2.45) is 0 Å². The maximum absolute atomic E-state index is 16.8. The van der Waals surface area contributed by atoms with Crippen molar-refractivity contribution in [2.75, 3.05) is 59.4 Å². The number of carbonyl (C=O) groups is 1. The van der Waals surface area contributed by atoms with Crippen molar-refractivity contribution < 1.29 is 50.8 Å². The molecule has 2 atom stereocenters. The number of benzene rings is 4. The lowest BCUT2D eigenvalue weighted by Crippen LogP contribution is -2.67. The summed E-state index contributed by atoms with van der Waals surface area (Å²) in [6.07, 6.45) is 0.833. The molecule has 4 aromatic carbocycles. The van der Waals surface area contributed by atoms with Crippen LogP contribution in [-0.4, -0.2) is 95.7 Å². The fraction of sp³-hybridized carbons (Fsp3) is 0.413. The van der Waals surface area contributed by atoms with Crippen molar-refractivity contribution in [3.8, 4) is 5.75 Å². The number of hydrogen-bond donors (Lipinski definition) is 1. The maximum atomic E-state index is 16.8. The van der Waals surface area contributed by atoms with Gasteiger partial charge in [0.05, 0.1) is 52.2 Å². The maximum Gasteiger partial charge on any atom is 0.329 e. The van der Waals surface area contributed by atoms with Crippen LogP contribution in [-0.2, 0) is 29.9 Å². The van der Waals surface area contributed by atoms with E-state index in [1.807, 2.05) is 113 Å². The van der Waals surface area contributed by atoms with E-state index in [-0.39, 0.29) is 51.0 Å². The van der Waals surface area contributed by atoms with E-state index in [1.54, 1.807) is 4.90 Å². The Morgan fingerprint density at radius 2 is 1.34 bits per heavy atom. The predicted octanol–water partition coefficient (Wildman–Crippen LogP) is 7.84. The molecular formula is C46H53F4NO7Si. The second kappa shape index (κ2) is 19.3. The van der Waals surface area contributed by atoms with Crippen molar-refractivity contribution in [3.63, 3.8) is 0 Å². The molecule has 1 heterocycles. The number of carboxylic acid groups (broad SMARTS) is 1. The van der Waals surface area contributed by atoms with Crippen LogP contribution < -0.4 is 15.1 Å². The lowest BCUT2D eigenvalue weighted by atomic mass is 9.84. The van der Waals surface area contributed by atoms with Crippen LogP contribution in [0.15, 0.2) is 103 Å². The summed E-state index contributed by atoms with van der Waals surface area (Å²) in [6.45, 7) is 6.74. The van der Waals surface area contributed by atoms with Gasteiger partial charge in [0.25, 0.3) is 14.2 Å². The summed E-state index contributed by atoms with van der Waals surface area (Å²) in [5.41, 5.74) is 3.33. The smallest absolute Gasteiger partial charge is 0.329 e. The first-order valence-corrected chi connectivity index (χ1v) is 21.9. The Morgan fingerprint density at radius 3 is 1.92 bits per heavy atom. The molecule has 0 spiro atoms. The number of aliphatic carboxylic acids is 1. The first-order valence-electron chi connectivity index (χ1n) is 20.0. The quantitative estimate of drug-likeness (QED) is 0.0548. The SMILES string of the molecule is C[C@@H]1CC2=C(Cc3ccccc32)[C@@H](c2c(F)cc(OCCOCCOCCOCC(=O)O)cc2F)N1CC(F)(F)CO[Si](c1ccccc1)(c1ccccc1)C(C)(C)C. The number of nitrogens with zero attached hydrogens (tertiary/aromatic N) is 1. The fourth-order valence-electron chi connectivity index (χ4n) is 8.42. The molecule has 2 aliphatic rings. The number of carboxylic acids is 1. The molecule has 6 rings (SSSR count). The molecule has 0 fully saturated rings. The van der Waals surface area contributed by atoms with E-state index in [2.05, 4.69) is 0 Å². The Bertz CT molecular complexity index is 2000. The molecule has 0 saturated heterocycles. The van der Waals surface area contributed by atoms with E-state index in [0.717, 1.165) is 39.2 Å². The van der Waals surface area contributed by atoms with Crippen LogP contribution >= 0.6 is 0 Å². The van der Waals surface area contributed by atoms with E-state index in [0.29, 0.717) is 18.4 Å². The third kappa shape index (κ3) is 10.3. The molecule has 0 unspecified atom stereocenters. The van der Waals surface area contributed by atoms with E-state index in [4.69, 9.17) is 28.5 Å². The fourth-order valence-corrected chi connectivity index (χ4v) is 13.0. The van der Waals surface area contributed by atoms with E-state index >= 15 is 17.6 Å². The van der Waals surface area contributed by atoms with Crippen LogP contribution in [0.5, 0.6) is 5.75 Å². The zero-order valence-electron chi connectivity index (χ0n) is 34.0. The van der Waals surface area contributed by atoms with Crippen molar-refractivity contribution in [1.29, 1.82) is 0 Å². The highest BCUT2D eigenvalue weighted by molar-refractivity contribution is 6.99. The molecule has 316 valence electrons. The number of alkyl halides is 2. The van der Waals surface area contributed by atoms with Gasteiger partial charge in [-0.05, 0) is 57.5 Å². The highest BCUT2D eigenvalue weighted by atomic mass is 28.4. The molecule has 0 radical (unpaired) electrons. The molecule has 4 aromatic rings. The summed E-state index contributed by atoms with van der Waals surface area (Å²) in [4.78, 5) is 12.0. The molecule has 0 aromatic heterocycles. The molecule has 1 aliphatic carbocycles. The minimum atomic E-state index is -3.40. The first kappa shape index (κ1) is 44.2. The van der Waals surface area contributed by atoms with Gasteiger partial charge in [0.15, 0.2) is 0 Å². The molecule has 1 N–H and O–H groups in total. The Hall–Kier alpha value is -4.37. The van der Waals surface area contributed by atoms with Gasteiger partial charge in [-0.1, -0.05) is 106 Å². The van der Waals surface area contributed by atoms with Gasteiger partial charge >= 0.3 is 5.97 Å². The second-order valence-corrected chi connectivity index (χ2v) is 20.4. The molecule has 0 bridgehead atoms. The molecule has 13 heteroatoms. The minimum Gasteiger partial charge on any atom is -0.491 e. The van der Waals surface area contributed by atoms with Gasteiger partial charge in [-0.2, -0.15) is 0 Å². The standard InChI is InChI=1S/C46H53F4NO7Si/c1-32-25-38-37-18-12-11-13-33(37)26-39(38)44(43-40(47)27-34(28-41(43)48)57-24-23-55-20-19-54-21-22-56-29-42(52)53)51(32)30-46(49,50)31-58-59(45(2,3)4,35-14-7-5-8-15-35)36-16-9-6-10-17-36/h5-18,27-28,32,44H,19-26,29-31H2,1-4H3,(H,52,53)/t32-,44+/m1/s1. The normalized spacial score (nSPS) is 17.2. The Morgan fingerprint density at radius 1 is 0.797 bits per heavy atom. The van der Waals surface area contributed by atoms with Crippen molar-refractivity contribution in [2.45, 2.75) is 63.6 Å². The lowest BCUT2D eigenvalue weighted by Gasteiger charge is -2.46. The molecular weight excluding hydrogens is 783 g/mol. The van der Waals surface area contributed by atoms with Crippen LogP contribution in [0.1, 0.15) is 56.8 Å². The molecule has 8 nitrogen and oxygen atoms in total. The molecule has 0 amide bonds. The third-order valence-corrected chi connectivity index (χ3v) is 15.9. The zero-order chi connectivity index (χ0) is 42.2.